The van der Waals surface area contributed by atoms with Gasteiger partial charge in [0.1, 0.15) is 0 Å². The molecule has 2 fully saturated rings. The molecular formula is C18H25FN2O3. The molecule has 1 atom stereocenters. The van der Waals surface area contributed by atoms with E-state index in [2.05, 4.69) is 5.32 Å². The summed E-state index contributed by atoms with van der Waals surface area (Å²) in [7, 11) is 1.68. The van der Waals surface area contributed by atoms with E-state index >= 15 is 0 Å². The fraction of sp³-hybridized carbons (Fsp3) is 0.611. The number of anilines is 1. The lowest BCUT2D eigenvalue weighted by Gasteiger charge is -2.32. The Balaban J connectivity index is 1.56. The van der Waals surface area contributed by atoms with Crippen LogP contribution in [-0.4, -0.2) is 43.8 Å². The lowest BCUT2D eigenvalue weighted by molar-refractivity contribution is 0.104. The summed E-state index contributed by atoms with van der Waals surface area (Å²) >= 11 is 0. The maximum Gasteiger partial charge on any atom is 0.321 e. The molecule has 3 rings (SSSR count). The first-order chi connectivity index (χ1) is 11.7. The van der Waals surface area contributed by atoms with Gasteiger partial charge < -0.3 is 19.7 Å². The summed E-state index contributed by atoms with van der Waals surface area (Å²) in [6.07, 6.45) is 5.26. The van der Waals surface area contributed by atoms with Crippen LogP contribution in [0.2, 0.25) is 0 Å². The van der Waals surface area contributed by atoms with Gasteiger partial charge in [-0.1, -0.05) is 0 Å². The number of benzene rings is 1. The van der Waals surface area contributed by atoms with Crippen molar-refractivity contribution in [2.24, 2.45) is 5.92 Å². The standard InChI is InChI=1S/C18H25FN2O3/c1-23-12-13-4-3-9-21(11-13)18(22)20-14-7-8-17(16(19)10-14)24-15-5-2-6-15/h7-8,10,13,15H,2-6,9,11-12H2,1H3,(H,20,22). The van der Waals surface area contributed by atoms with Gasteiger partial charge in [0.15, 0.2) is 11.6 Å². The van der Waals surface area contributed by atoms with Crippen LogP contribution in [0.15, 0.2) is 18.2 Å². The molecule has 0 bridgehead atoms. The fourth-order valence-electron chi connectivity index (χ4n) is 3.17. The molecule has 132 valence electrons. The van der Waals surface area contributed by atoms with Crippen molar-refractivity contribution in [2.45, 2.75) is 38.2 Å². The molecule has 6 heteroatoms. The van der Waals surface area contributed by atoms with Crippen LogP contribution in [0.25, 0.3) is 0 Å². The molecule has 1 aliphatic heterocycles. The summed E-state index contributed by atoms with van der Waals surface area (Å²) in [5.41, 5.74) is 0.451. The molecule has 1 aromatic carbocycles. The number of piperidine rings is 1. The highest BCUT2D eigenvalue weighted by Crippen LogP contribution is 2.28. The van der Waals surface area contributed by atoms with Crippen molar-refractivity contribution >= 4 is 11.7 Å². The number of carbonyl (C=O) groups excluding carboxylic acids is 1. The fourth-order valence-corrected chi connectivity index (χ4v) is 3.17. The van der Waals surface area contributed by atoms with Gasteiger partial charge in [0.05, 0.1) is 12.7 Å². The number of methoxy groups -OCH3 is 1. The lowest BCUT2D eigenvalue weighted by atomic mass is 9.96. The number of nitrogens with zero attached hydrogens (tertiary/aromatic N) is 1. The maximum absolute atomic E-state index is 14.1. The van der Waals surface area contributed by atoms with Crippen molar-refractivity contribution in [1.82, 2.24) is 4.90 Å². The van der Waals surface area contributed by atoms with Crippen molar-refractivity contribution in [3.05, 3.63) is 24.0 Å². The summed E-state index contributed by atoms with van der Waals surface area (Å²) in [5, 5.41) is 2.77. The molecule has 2 amide bonds. The van der Waals surface area contributed by atoms with E-state index in [0.717, 1.165) is 38.6 Å². The second-order valence-electron chi connectivity index (χ2n) is 6.66. The van der Waals surface area contributed by atoms with Gasteiger partial charge in [-0.2, -0.15) is 0 Å². The molecule has 0 aromatic heterocycles. The molecule has 1 N–H and O–H groups in total. The maximum atomic E-state index is 14.1. The molecule has 1 aliphatic carbocycles. The van der Waals surface area contributed by atoms with Gasteiger partial charge in [-0.25, -0.2) is 9.18 Å². The number of likely N-dealkylation sites (tertiary alicyclic amines) is 1. The van der Waals surface area contributed by atoms with Crippen molar-refractivity contribution in [1.29, 1.82) is 0 Å². The smallest absolute Gasteiger partial charge is 0.321 e. The molecule has 5 nitrogen and oxygen atoms in total. The average Bonchev–Trinajstić information content (AvgIpc) is 2.53. The number of ether oxygens (including phenoxy) is 2. The second kappa shape index (κ2) is 7.83. The third-order valence-electron chi connectivity index (χ3n) is 4.74. The van der Waals surface area contributed by atoms with Crippen LogP contribution >= 0.6 is 0 Å². The number of hydrogen-bond donors (Lipinski definition) is 1. The zero-order valence-corrected chi connectivity index (χ0v) is 14.1. The van der Waals surface area contributed by atoms with Gasteiger partial charge in [-0.05, 0) is 44.2 Å². The van der Waals surface area contributed by atoms with Crippen molar-refractivity contribution in [3.8, 4) is 5.75 Å². The SMILES string of the molecule is COCC1CCCN(C(=O)Nc2ccc(OC3CCC3)c(F)c2)C1. The highest BCUT2D eigenvalue weighted by Gasteiger charge is 2.24. The molecule has 1 saturated carbocycles. The third-order valence-corrected chi connectivity index (χ3v) is 4.74. The van der Waals surface area contributed by atoms with Gasteiger partial charge in [-0.3, -0.25) is 0 Å². The van der Waals surface area contributed by atoms with Gasteiger partial charge >= 0.3 is 6.03 Å². The molecule has 2 aliphatic rings. The normalized spacial score (nSPS) is 21.2. The molecular weight excluding hydrogens is 311 g/mol. The minimum absolute atomic E-state index is 0.131. The summed E-state index contributed by atoms with van der Waals surface area (Å²) in [4.78, 5) is 14.1. The van der Waals surface area contributed by atoms with Crippen molar-refractivity contribution in [3.63, 3.8) is 0 Å². The van der Waals surface area contributed by atoms with E-state index in [9.17, 15) is 9.18 Å². The Hall–Kier alpha value is -1.82. The number of halogens is 1. The Morgan fingerprint density at radius 3 is 2.83 bits per heavy atom. The van der Waals surface area contributed by atoms with E-state index in [1.54, 1.807) is 24.1 Å². The van der Waals surface area contributed by atoms with Crippen LogP contribution in [0.5, 0.6) is 5.75 Å². The Labute approximate surface area is 142 Å². The van der Waals surface area contributed by atoms with Crippen LogP contribution in [0.1, 0.15) is 32.1 Å². The van der Waals surface area contributed by atoms with Gasteiger partial charge in [0.2, 0.25) is 0 Å². The summed E-state index contributed by atoms with van der Waals surface area (Å²) in [5.74, 6) is 0.191. The second-order valence-corrected chi connectivity index (χ2v) is 6.66. The average molecular weight is 336 g/mol. The van der Waals surface area contributed by atoms with Crippen LogP contribution in [0.3, 0.4) is 0 Å². The minimum Gasteiger partial charge on any atom is -0.487 e. The molecule has 24 heavy (non-hydrogen) atoms. The predicted octanol–water partition coefficient (Wildman–Crippen LogP) is 3.65. The highest BCUT2D eigenvalue weighted by molar-refractivity contribution is 5.89. The van der Waals surface area contributed by atoms with E-state index in [1.165, 1.54) is 6.07 Å². The largest absolute Gasteiger partial charge is 0.487 e. The number of urea groups is 1. The minimum atomic E-state index is -0.435. The van der Waals surface area contributed by atoms with E-state index in [0.29, 0.717) is 24.8 Å². The Morgan fingerprint density at radius 1 is 1.33 bits per heavy atom. The van der Waals surface area contributed by atoms with Crippen LogP contribution in [0.4, 0.5) is 14.9 Å². The molecule has 1 heterocycles. The predicted molar refractivity (Wildman–Crippen MR) is 89.9 cm³/mol. The zero-order chi connectivity index (χ0) is 16.9. The number of nitrogens with one attached hydrogen (secondary N) is 1. The number of rotatable bonds is 5. The Kier molecular flexibility index (Phi) is 5.56. The zero-order valence-electron chi connectivity index (χ0n) is 14.1. The Morgan fingerprint density at radius 2 is 2.17 bits per heavy atom. The van der Waals surface area contributed by atoms with Gasteiger partial charge in [0, 0.05) is 37.9 Å². The molecule has 0 spiro atoms. The van der Waals surface area contributed by atoms with Crippen molar-refractivity contribution in [2.75, 3.05) is 32.1 Å². The summed E-state index contributed by atoms with van der Waals surface area (Å²) < 4.78 is 24.9. The van der Waals surface area contributed by atoms with Crippen LogP contribution in [-0.2, 0) is 4.74 Å². The molecule has 1 aromatic rings. The van der Waals surface area contributed by atoms with E-state index < -0.39 is 5.82 Å². The number of carbonyl (C=O) groups is 1. The molecule has 1 saturated heterocycles. The lowest BCUT2D eigenvalue weighted by Crippen LogP contribution is -2.43. The van der Waals surface area contributed by atoms with Gasteiger partial charge in [0.25, 0.3) is 0 Å². The topological polar surface area (TPSA) is 50.8 Å². The van der Waals surface area contributed by atoms with E-state index in [1.807, 2.05) is 0 Å². The summed E-state index contributed by atoms with van der Waals surface area (Å²) in [6.45, 7) is 2.05. The third kappa shape index (κ3) is 4.17. The first kappa shape index (κ1) is 17.0. The van der Waals surface area contributed by atoms with Crippen molar-refractivity contribution < 1.29 is 18.7 Å². The van der Waals surface area contributed by atoms with Gasteiger partial charge in [-0.15, -0.1) is 0 Å². The molecule has 0 radical (unpaired) electrons. The quantitative estimate of drug-likeness (QED) is 0.893. The summed E-state index contributed by atoms with van der Waals surface area (Å²) in [6, 6.07) is 4.41. The molecule has 1 unspecified atom stereocenters. The van der Waals surface area contributed by atoms with Crippen LogP contribution in [0, 0.1) is 11.7 Å². The van der Waals surface area contributed by atoms with Crippen LogP contribution < -0.4 is 10.1 Å². The van der Waals surface area contributed by atoms with E-state index in [-0.39, 0.29) is 17.9 Å². The highest BCUT2D eigenvalue weighted by atomic mass is 19.1. The first-order valence-electron chi connectivity index (χ1n) is 8.67. The Bertz CT molecular complexity index is 575. The van der Waals surface area contributed by atoms with E-state index in [4.69, 9.17) is 9.47 Å². The monoisotopic (exact) mass is 336 g/mol. The number of hydrogen-bond acceptors (Lipinski definition) is 3. The number of amides is 2. The first-order valence-corrected chi connectivity index (χ1v) is 8.67.